The van der Waals surface area contributed by atoms with Crippen molar-refractivity contribution in [1.82, 2.24) is 5.32 Å². The van der Waals surface area contributed by atoms with Crippen molar-refractivity contribution in [3.63, 3.8) is 0 Å². The van der Waals surface area contributed by atoms with Crippen LogP contribution in [0.15, 0.2) is 24.3 Å². The first kappa shape index (κ1) is 14.4. The van der Waals surface area contributed by atoms with Gasteiger partial charge in [-0.05, 0) is 62.4 Å². The van der Waals surface area contributed by atoms with Crippen LogP contribution in [0.3, 0.4) is 0 Å². The van der Waals surface area contributed by atoms with Crippen LogP contribution in [0, 0.1) is 5.92 Å². The maximum Gasteiger partial charge on any atom is 0.335 e. The number of hydrogen-bond acceptors (Lipinski definition) is 3. The summed E-state index contributed by atoms with van der Waals surface area (Å²) in [6.07, 6.45) is 7.71. The van der Waals surface area contributed by atoms with Crippen molar-refractivity contribution in [1.29, 1.82) is 0 Å². The van der Waals surface area contributed by atoms with E-state index in [1.807, 2.05) is 12.1 Å². The molecule has 2 aliphatic rings. The van der Waals surface area contributed by atoms with Crippen LogP contribution in [0.25, 0.3) is 0 Å². The summed E-state index contributed by atoms with van der Waals surface area (Å²) >= 11 is 0. The zero-order chi connectivity index (χ0) is 14.7. The highest BCUT2D eigenvalue weighted by atomic mass is 16.4. The fourth-order valence-corrected chi connectivity index (χ4v) is 3.82. The maximum atomic E-state index is 10.9. The van der Waals surface area contributed by atoms with E-state index < -0.39 is 5.97 Å². The first-order valence-corrected chi connectivity index (χ1v) is 8.07. The molecule has 1 saturated carbocycles. The van der Waals surface area contributed by atoms with Crippen molar-refractivity contribution >= 4 is 11.7 Å². The number of aromatic carboxylic acids is 1. The first-order chi connectivity index (χ1) is 10.2. The van der Waals surface area contributed by atoms with E-state index in [0.29, 0.717) is 23.6 Å². The summed E-state index contributed by atoms with van der Waals surface area (Å²) < 4.78 is 0. The molecule has 3 atom stereocenters. The van der Waals surface area contributed by atoms with Gasteiger partial charge in [0.15, 0.2) is 0 Å². The molecule has 1 aromatic carbocycles. The Labute approximate surface area is 125 Å². The second-order valence-electron chi connectivity index (χ2n) is 6.28. The molecule has 1 aliphatic carbocycles. The van der Waals surface area contributed by atoms with E-state index in [0.717, 1.165) is 12.2 Å². The minimum absolute atomic E-state index is 0.346. The number of anilines is 1. The molecule has 1 aliphatic heterocycles. The van der Waals surface area contributed by atoms with E-state index in [9.17, 15) is 4.79 Å². The van der Waals surface area contributed by atoms with Crippen molar-refractivity contribution in [2.75, 3.05) is 11.9 Å². The molecule has 4 heteroatoms. The highest BCUT2D eigenvalue weighted by molar-refractivity contribution is 5.88. The lowest BCUT2D eigenvalue weighted by Gasteiger charge is -2.36. The predicted molar refractivity (Wildman–Crippen MR) is 83.8 cm³/mol. The van der Waals surface area contributed by atoms with Gasteiger partial charge in [-0.15, -0.1) is 0 Å². The highest BCUT2D eigenvalue weighted by Crippen LogP contribution is 2.32. The third-order valence-corrected chi connectivity index (χ3v) is 4.92. The number of rotatable bonds is 4. The topological polar surface area (TPSA) is 61.4 Å². The van der Waals surface area contributed by atoms with Crippen molar-refractivity contribution < 1.29 is 9.90 Å². The van der Waals surface area contributed by atoms with Crippen LogP contribution in [0.5, 0.6) is 0 Å². The quantitative estimate of drug-likeness (QED) is 0.796. The Morgan fingerprint density at radius 1 is 1.10 bits per heavy atom. The van der Waals surface area contributed by atoms with Gasteiger partial charge in [0.05, 0.1) is 5.56 Å². The third kappa shape index (κ3) is 3.38. The molecule has 3 N–H and O–H groups in total. The zero-order valence-corrected chi connectivity index (χ0v) is 12.3. The van der Waals surface area contributed by atoms with Crippen LogP contribution < -0.4 is 10.6 Å². The molecule has 0 spiro atoms. The molecule has 3 unspecified atom stereocenters. The molecule has 2 fully saturated rings. The van der Waals surface area contributed by atoms with E-state index in [1.165, 1.54) is 38.5 Å². The fourth-order valence-electron chi connectivity index (χ4n) is 3.82. The minimum Gasteiger partial charge on any atom is -0.478 e. The smallest absolute Gasteiger partial charge is 0.335 e. The largest absolute Gasteiger partial charge is 0.478 e. The SMILES string of the molecule is O=C(O)c1ccc(NC2CCCCC2C2CCCN2)cc1. The van der Waals surface area contributed by atoms with Crippen LogP contribution in [0.2, 0.25) is 0 Å². The van der Waals surface area contributed by atoms with Crippen molar-refractivity contribution in [2.45, 2.75) is 50.6 Å². The Kier molecular flexibility index (Phi) is 4.44. The summed E-state index contributed by atoms with van der Waals surface area (Å²) in [5.74, 6) is -0.173. The average Bonchev–Trinajstić information content (AvgIpc) is 3.02. The van der Waals surface area contributed by atoms with Crippen LogP contribution in [0.1, 0.15) is 48.9 Å². The van der Waals surface area contributed by atoms with Crippen LogP contribution >= 0.6 is 0 Å². The molecule has 1 aromatic rings. The molecule has 114 valence electrons. The van der Waals surface area contributed by atoms with Gasteiger partial charge in [0.2, 0.25) is 0 Å². The fraction of sp³-hybridized carbons (Fsp3) is 0.588. The Morgan fingerprint density at radius 3 is 2.52 bits per heavy atom. The van der Waals surface area contributed by atoms with Crippen molar-refractivity contribution in [3.8, 4) is 0 Å². The Hall–Kier alpha value is -1.55. The molecule has 0 amide bonds. The van der Waals surface area contributed by atoms with Gasteiger partial charge in [0.25, 0.3) is 0 Å². The number of benzene rings is 1. The number of carboxylic acids is 1. The second-order valence-corrected chi connectivity index (χ2v) is 6.28. The second kappa shape index (κ2) is 6.48. The summed E-state index contributed by atoms with van der Waals surface area (Å²) in [4.78, 5) is 10.9. The van der Waals surface area contributed by atoms with E-state index >= 15 is 0 Å². The minimum atomic E-state index is -0.868. The van der Waals surface area contributed by atoms with Gasteiger partial charge >= 0.3 is 5.97 Å². The van der Waals surface area contributed by atoms with E-state index in [4.69, 9.17) is 5.11 Å². The Morgan fingerprint density at radius 2 is 1.86 bits per heavy atom. The summed E-state index contributed by atoms with van der Waals surface area (Å²) in [5, 5.41) is 16.2. The molecule has 0 bridgehead atoms. The monoisotopic (exact) mass is 288 g/mol. The number of carbonyl (C=O) groups is 1. The average molecular weight is 288 g/mol. The van der Waals surface area contributed by atoms with Gasteiger partial charge in [-0.25, -0.2) is 4.79 Å². The Bertz CT molecular complexity index is 480. The normalized spacial score (nSPS) is 29.2. The summed E-state index contributed by atoms with van der Waals surface area (Å²) in [7, 11) is 0. The van der Waals surface area contributed by atoms with E-state index in [2.05, 4.69) is 10.6 Å². The molecular formula is C17H24N2O2. The van der Waals surface area contributed by atoms with Crippen molar-refractivity contribution in [2.24, 2.45) is 5.92 Å². The lowest BCUT2D eigenvalue weighted by atomic mass is 9.79. The van der Waals surface area contributed by atoms with E-state index in [1.54, 1.807) is 12.1 Å². The van der Waals surface area contributed by atoms with Crippen LogP contribution in [-0.4, -0.2) is 29.7 Å². The van der Waals surface area contributed by atoms with Crippen LogP contribution in [0.4, 0.5) is 5.69 Å². The van der Waals surface area contributed by atoms with Gasteiger partial charge in [-0.2, -0.15) is 0 Å². The number of carboxylic acid groups (broad SMARTS) is 1. The molecular weight excluding hydrogens is 264 g/mol. The van der Waals surface area contributed by atoms with E-state index in [-0.39, 0.29) is 0 Å². The third-order valence-electron chi connectivity index (χ3n) is 4.92. The van der Waals surface area contributed by atoms with Crippen molar-refractivity contribution in [3.05, 3.63) is 29.8 Å². The van der Waals surface area contributed by atoms with Gasteiger partial charge in [-0.1, -0.05) is 12.8 Å². The maximum absolute atomic E-state index is 10.9. The summed E-state index contributed by atoms with van der Waals surface area (Å²) in [6, 6.07) is 8.28. The van der Waals surface area contributed by atoms with Gasteiger partial charge in [-0.3, -0.25) is 0 Å². The lowest BCUT2D eigenvalue weighted by Crippen LogP contribution is -2.43. The Balaban J connectivity index is 1.67. The van der Waals surface area contributed by atoms with Gasteiger partial charge in [0, 0.05) is 17.8 Å². The molecule has 0 aromatic heterocycles. The molecule has 1 saturated heterocycles. The molecule has 4 nitrogen and oxygen atoms in total. The predicted octanol–water partition coefficient (Wildman–Crippen LogP) is 3.11. The molecule has 3 rings (SSSR count). The summed E-state index contributed by atoms with van der Waals surface area (Å²) in [6.45, 7) is 1.15. The first-order valence-electron chi connectivity index (χ1n) is 8.07. The summed E-state index contributed by atoms with van der Waals surface area (Å²) in [5.41, 5.74) is 1.38. The van der Waals surface area contributed by atoms with Gasteiger partial charge < -0.3 is 15.7 Å². The highest BCUT2D eigenvalue weighted by Gasteiger charge is 2.33. The molecule has 0 radical (unpaired) electrons. The molecule has 1 heterocycles. The number of hydrogen-bond donors (Lipinski definition) is 3. The molecule has 21 heavy (non-hydrogen) atoms. The zero-order valence-electron chi connectivity index (χ0n) is 12.3. The standard InChI is InChI=1S/C17H24N2O2/c20-17(21)12-7-9-13(10-8-12)19-16-5-2-1-4-14(16)15-6-3-11-18-15/h7-10,14-16,18-19H,1-6,11H2,(H,20,21). The number of nitrogens with one attached hydrogen (secondary N) is 2. The van der Waals surface area contributed by atoms with Gasteiger partial charge in [0.1, 0.15) is 0 Å². The van der Waals surface area contributed by atoms with Crippen LogP contribution in [-0.2, 0) is 0 Å². The lowest BCUT2D eigenvalue weighted by molar-refractivity contribution is 0.0697.